The molecule has 0 radical (unpaired) electrons. The topological polar surface area (TPSA) is 52.6 Å². The van der Waals surface area contributed by atoms with Crippen LogP contribution in [-0.4, -0.2) is 42.6 Å². The molecule has 102 valence electrons. The summed E-state index contributed by atoms with van der Waals surface area (Å²) in [6.45, 7) is 2.44. The molecular weight excluding hydrogens is 240 g/mol. The molecular formula is C15H20N2O2. The molecule has 1 heterocycles. The normalized spacial score (nSPS) is 16.0. The molecule has 0 atom stereocenters. The van der Waals surface area contributed by atoms with Crippen LogP contribution in [0.15, 0.2) is 35.9 Å². The maximum absolute atomic E-state index is 12.1. The van der Waals surface area contributed by atoms with Crippen molar-refractivity contribution in [1.82, 2.24) is 10.2 Å². The van der Waals surface area contributed by atoms with Crippen LogP contribution in [0.5, 0.6) is 0 Å². The van der Waals surface area contributed by atoms with Crippen molar-refractivity contribution in [3.05, 3.63) is 47.0 Å². The van der Waals surface area contributed by atoms with Gasteiger partial charge in [-0.25, -0.2) is 0 Å². The van der Waals surface area contributed by atoms with Crippen molar-refractivity contribution in [2.24, 2.45) is 0 Å². The third kappa shape index (κ3) is 3.66. The number of carbonyl (C=O) groups excluding carboxylic acids is 1. The van der Waals surface area contributed by atoms with Crippen LogP contribution in [0.4, 0.5) is 0 Å². The van der Waals surface area contributed by atoms with E-state index in [1.807, 2.05) is 12.1 Å². The third-order valence-corrected chi connectivity index (χ3v) is 3.33. The second kappa shape index (κ2) is 6.50. The van der Waals surface area contributed by atoms with Crippen molar-refractivity contribution < 1.29 is 9.90 Å². The fourth-order valence-electron chi connectivity index (χ4n) is 2.28. The van der Waals surface area contributed by atoms with E-state index in [9.17, 15) is 9.90 Å². The Labute approximate surface area is 113 Å². The Hall–Kier alpha value is -1.65. The number of carbonyl (C=O) groups is 1. The molecule has 4 heteroatoms. The lowest BCUT2D eigenvalue weighted by atomic mass is 10.1. The molecule has 2 rings (SSSR count). The zero-order valence-corrected chi connectivity index (χ0v) is 11.2. The van der Waals surface area contributed by atoms with Gasteiger partial charge in [0, 0.05) is 25.2 Å². The number of nitrogens with zero attached hydrogens (tertiary/aromatic N) is 1. The van der Waals surface area contributed by atoms with E-state index in [1.54, 1.807) is 12.1 Å². The zero-order chi connectivity index (χ0) is 13.7. The smallest absolute Gasteiger partial charge is 0.251 e. The van der Waals surface area contributed by atoms with Crippen molar-refractivity contribution in [3.63, 3.8) is 0 Å². The van der Waals surface area contributed by atoms with Crippen molar-refractivity contribution in [2.45, 2.75) is 13.0 Å². The van der Waals surface area contributed by atoms with Gasteiger partial charge in [-0.2, -0.15) is 0 Å². The van der Waals surface area contributed by atoms with Crippen LogP contribution in [-0.2, 0) is 6.61 Å². The van der Waals surface area contributed by atoms with Gasteiger partial charge in [0.25, 0.3) is 5.91 Å². The minimum absolute atomic E-state index is 0.116. The quantitative estimate of drug-likeness (QED) is 0.799. The molecule has 0 fully saturated rings. The van der Waals surface area contributed by atoms with Gasteiger partial charge in [-0.05, 0) is 30.7 Å². The largest absolute Gasteiger partial charge is 0.392 e. The van der Waals surface area contributed by atoms with Gasteiger partial charge < -0.3 is 15.3 Å². The molecule has 2 N–H and O–H groups in total. The third-order valence-electron chi connectivity index (χ3n) is 3.33. The lowest BCUT2D eigenvalue weighted by Gasteiger charge is -2.23. The molecule has 1 aromatic rings. The van der Waals surface area contributed by atoms with E-state index in [-0.39, 0.29) is 12.5 Å². The van der Waals surface area contributed by atoms with Gasteiger partial charge in [-0.3, -0.25) is 4.79 Å². The summed E-state index contributed by atoms with van der Waals surface area (Å²) in [5.74, 6) is -0.126. The standard InChI is InChI=1S/C15H20N2O2/c1-17-8-4-5-12(10-17)9-16-15(19)14-7-3-2-6-13(14)11-18/h2-3,5-7,18H,4,8-11H2,1H3,(H,16,19). The highest BCUT2D eigenvalue weighted by atomic mass is 16.3. The monoisotopic (exact) mass is 260 g/mol. The maximum atomic E-state index is 12.1. The Kier molecular flexibility index (Phi) is 4.71. The number of rotatable bonds is 4. The second-order valence-electron chi connectivity index (χ2n) is 4.89. The first-order valence-corrected chi connectivity index (χ1v) is 6.54. The fourth-order valence-corrected chi connectivity index (χ4v) is 2.28. The summed E-state index contributed by atoms with van der Waals surface area (Å²) >= 11 is 0. The number of aliphatic hydroxyl groups is 1. The first-order valence-electron chi connectivity index (χ1n) is 6.54. The Morgan fingerprint density at radius 1 is 1.42 bits per heavy atom. The number of hydrogen-bond acceptors (Lipinski definition) is 3. The summed E-state index contributed by atoms with van der Waals surface area (Å²) in [5, 5.41) is 12.1. The number of likely N-dealkylation sites (N-methyl/N-ethyl adjacent to an activating group) is 1. The zero-order valence-electron chi connectivity index (χ0n) is 11.2. The van der Waals surface area contributed by atoms with Crippen LogP contribution in [0.2, 0.25) is 0 Å². The lowest BCUT2D eigenvalue weighted by Crippen LogP contribution is -2.33. The molecule has 0 aromatic heterocycles. The predicted molar refractivity (Wildman–Crippen MR) is 74.9 cm³/mol. The number of aliphatic hydroxyl groups excluding tert-OH is 1. The molecule has 19 heavy (non-hydrogen) atoms. The summed E-state index contributed by atoms with van der Waals surface area (Å²) in [4.78, 5) is 14.3. The van der Waals surface area contributed by atoms with Crippen LogP contribution >= 0.6 is 0 Å². The number of hydrogen-bond donors (Lipinski definition) is 2. The van der Waals surface area contributed by atoms with Crippen LogP contribution in [0, 0.1) is 0 Å². The average molecular weight is 260 g/mol. The Bertz CT molecular complexity index is 483. The van der Waals surface area contributed by atoms with Gasteiger partial charge in [-0.15, -0.1) is 0 Å². The molecule has 0 saturated heterocycles. The van der Waals surface area contributed by atoms with Crippen LogP contribution in [0.3, 0.4) is 0 Å². The number of amides is 1. The Morgan fingerprint density at radius 3 is 2.95 bits per heavy atom. The van der Waals surface area contributed by atoms with E-state index in [2.05, 4.69) is 23.3 Å². The summed E-state index contributed by atoms with van der Waals surface area (Å²) in [7, 11) is 2.08. The summed E-state index contributed by atoms with van der Waals surface area (Å²) in [5.41, 5.74) is 2.45. The molecule has 1 amide bonds. The van der Waals surface area contributed by atoms with Gasteiger partial charge in [0.05, 0.1) is 6.61 Å². The van der Waals surface area contributed by atoms with E-state index in [4.69, 9.17) is 0 Å². The Morgan fingerprint density at radius 2 is 2.21 bits per heavy atom. The molecule has 0 aliphatic carbocycles. The number of benzene rings is 1. The van der Waals surface area contributed by atoms with Crippen molar-refractivity contribution in [3.8, 4) is 0 Å². The molecule has 0 unspecified atom stereocenters. The van der Waals surface area contributed by atoms with Crippen molar-refractivity contribution >= 4 is 5.91 Å². The van der Waals surface area contributed by atoms with Crippen molar-refractivity contribution in [1.29, 1.82) is 0 Å². The van der Waals surface area contributed by atoms with Gasteiger partial charge in [-0.1, -0.05) is 24.3 Å². The first kappa shape index (κ1) is 13.8. The van der Waals surface area contributed by atoms with Gasteiger partial charge in [0.1, 0.15) is 0 Å². The van der Waals surface area contributed by atoms with E-state index in [0.29, 0.717) is 17.7 Å². The summed E-state index contributed by atoms with van der Waals surface area (Å²) < 4.78 is 0. The minimum Gasteiger partial charge on any atom is -0.392 e. The summed E-state index contributed by atoms with van der Waals surface area (Å²) in [6.07, 6.45) is 3.23. The van der Waals surface area contributed by atoms with Gasteiger partial charge >= 0.3 is 0 Å². The SMILES string of the molecule is CN1CCC=C(CNC(=O)c2ccccc2CO)C1. The predicted octanol–water partition coefficient (Wildman–Crippen LogP) is 1.17. The van der Waals surface area contributed by atoms with E-state index in [1.165, 1.54) is 5.57 Å². The molecule has 4 nitrogen and oxygen atoms in total. The highest BCUT2D eigenvalue weighted by molar-refractivity contribution is 5.95. The molecule has 0 spiro atoms. The Balaban J connectivity index is 1.96. The maximum Gasteiger partial charge on any atom is 0.251 e. The lowest BCUT2D eigenvalue weighted by molar-refractivity contribution is 0.0953. The van der Waals surface area contributed by atoms with Crippen LogP contribution in [0.1, 0.15) is 22.3 Å². The fraction of sp³-hybridized carbons (Fsp3) is 0.400. The van der Waals surface area contributed by atoms with Crippen LogP contribution < -0.4 is 5.32 Å². The highest BCUT2D eigenvalue weighted by Crippen LogP contribution is 2.10. The van der Waals surface area contributed by atoms with Crippen LogP contribution in [0.25, 0.3) is 0 Å². The van der Waals surface area contributed by atoms with E-state index in [0.717, 1.165) is 19.5 Å². The molecule has 1 aliphatic heterocycles. The van der Waals surface area contributed by atoms with Crippen molar-refractivity contribution in [2.75, 3.05) is 26.7 Å². The number of nitrogens with one attached hydrogen (secondary N) is 1. The van der Waals surface area contributed by atoms with Gasteiger partial charge in [0.15, 0.2) is 0 Å². The molecule has 0 saturated carbocycles. The first-order chi connectivity index (χ1) is 9.20. The minimum atomic E-state index is -0.126. The molecule has 1 aromatic carbocycles. The molecule has 1 aliphatic rings. The van der Waals surface area contributed by atoms with E-state index >= 15 is 0 Å². The average Bonchev–Trinajstić information content (AvgIpc) is 2.45. The summed E-state index contributed by atoms with van der Waals surface area (Å²) in [6, 6.07) is 7.13. The van der Waals surface area contributed by atoms with E-state index < -0.39 is 0 Å². The highest BCUT2D eigenvalue weighted by Gasteiger charge is 2.12. The van der Waals surface area contributed by atoms with Gasteiger partial charge in [0.2, 0.25) is 0 Å². The second-order valence-corrected chi connectivity index (χ2v) is 4.89. The molecule has 0 bridgehead atoms.